The molecule has 0 bridgehead atoms. The van der Waals surface area contributed by atoms with Crippen LogP contribution < -0.4 is 5.32 Å². The predicted molar refractivity (Wildman–Crippen MR) is 145 cm³/mol. The molecule has 2 heterocycles. The van der Waals surface area contributed by atoms with Gasteiger partial charge in [-0.3, -0.25) is 9.89 Å². The van der Waals surface area contributed by atoms with E-state index in [-0.39, 0.29) is 24.7 Å². The van der Waals surface area contributed by atoms with E-state index in [1.807, 2.05) is 48.5 Å². The SMILES string of the molecule is CC(=O)NCc1cccc(-c2ccc([C@@H]3O[C@H](CSc4ncn[nH]4)C[C@H](c4ccc(CO)cc4)O3)cc2)c1. The Balaban J connectivity index is 1.33. The first-order chi connectivity index (χ1) is 18.6. The van der Waals surface area contributed by atoms with Crippen molar-refractivity contribution in [2.45, 2.75) is 50.2 Å². The Kier molecular flexibility index (Phi) is 8.50. The highest BCUT2D eigenvalue weighted by atomic mass is 32.2. The standard InChI is InChI=1S/C29H30N4O4S/c1-19(35)30-15-21-3-2-4-25(13-21)22-9-11-24(12-10-22)28-36-26(17-38-29-31-18-32-33-29)14-27(37-28)23-7-5-20(16-34)6-8-23/h2-13,18,26-28,34H,14-17H2,1H3,(H,30,35)(H,31,32,33)/t26-,27+,28+/m0/s1. The van der Waals surface area contributed by atoms with Crippen LogP contribution >= 0.6 is 11.8 Å². The van der Waals surface area contributed by atoms with Crippen molar-refractivity contribution in [2.75, 3.05) is 5.75 Å². The van der Waals surface area contributed by atoms with Crippen molar-refractivity contribution in [1.29, 1.82) is 0 Å². The average molecular weight is 531 g/mol. The molecule has 1 aliphatic heterocycles. The number of nitrogens with one attached hydrogen (secondary N) is 2. The van der Waals surface area contributed by atoms with Crippen molar-refractivity contribution in [3.63, 3.8) is 0 Å². The Labute approximate surface area is 225 Å². The van der Waals surface area contributed by atoms with Gasteiger partial charge in [0.15, 0.2) is 11.4 Å². The van der Waals surface area contributed by atoms with Crippen molar-refractivity contribution in [3.05, 3.63) is 101 Å². The lowest BCUT2D eigenvalue weighted by molar-refractivity contribution is -0.245. The van der Waals surface area contributed by atoms with Crippen molar-refractivity contribution >= 4 is 17.7 Å². The first-order valence-corrected chi connectivity index (χ1v) is 13.5. The van der Waals surface area contributed by atoms with Crippen LogP contribution in [0.5, 0.6) is 0 Å². The number of aliphatic hydroxyl groups is 1. The molecule has 5 rings (SSSR count). The molecular formula is C29H30N4O4S. The molecule has 4 aromatic rings. The van der Waals surface area contributed by atoms with Gasteiger partial charge in [-0.25, -0.2) is 4.98 Å². The quantitative estimate of drug-likeness (QED) is 0.263. The fourth-order valence-corrected chi connectivity index (χ4v) is 5.18. The highest BCUT2D eigenvalue weighted by molar-refractivity contribution is 7.99. The highest BCUT2D eigenvalue weighted by Crippen LogP contribution is 2.39. The molecule has 38 heavy (non-hydrogen) atoms. The number of rotatable bonds is 9. The maximum atomic E-state index is 11.3. The number of thioether (sulfide) groups is 1. The zero-order chi connectivity index (χ0) is 26.3. The molecule has 9 heteroatoms. The summed E-state index contributed by atoms with van der Waals surface area (Å²) in [4.78, 5) is 15.5. The second-order valence-corrected chi connectivity index (χ2v) is 10.2. The van der Waals surface area contributed by atoms with Crippen LogP contribution in [0.3, 0.4) is 0 Å². The predicted octanol–water partition coefficient (Wildman–Crippen LogP) is 4.94. The summed E-state index contributed by atoms with van der Waals surface area (Å²) in [5.74, 6) is 0.659. The lowest BCUT2D eigenvalue weighted by Crippen LogP contribution is -2.31. The minimum atomic E-state index is -0.522. The largest absolute Gasteiger partial charge is 0.392 e. The summed E-state index contributed by atoms with van der Waals surface area (Å²) in [5, 5.41) is 19.8. The average Bonchev–Trinajstić information content (AvgIpc) is 3.49. The summed E-state index contributed by atoms with van der Waals surface area (Å²) >= 11 is 1.57. The molecule has 1 amide bonds. The monoisotopic (exact) mass is 530 g/mol. The number of ether oxygens (including phenoxy) is 2. The van der Waals surface area contributed by atoms with Crippen LogP contribution in [0.2, 0.25) is 0 Å². The van der Waals surface area contributed by atoms with E-state index in [0.29, 0.717) is 18.7 Å². The topological polar surface area (TPSA) is 109 Å². The highest BCUT2D eigenvalue weighted by Gasteiger charge is 2.32. The van der Waals surface area contributed by atoms with Gasteiger partial charge in [0.05, 0.1) is 18.8 Å². The molecule has 0 aliphatic carbocycles. The molecule has 3 atom stereocenters. The molecule has 3 N–H and O–H groups in total. The lowest BCUT2D eigenvalue weighted by atomic mass is 9.99. The lowest BCUT2D eigenvalue weighted by Gasteiger charge is -2.36. The van der Waals surface area contributed by atoms with Crippen LogP contribution in [-0.2, 0) is 27.4 Å². The van der Waals surface area contributed by atoms with Crippen LogP contribution in [-0.4, -0.2) is 38.1 Å². The zero-order valence-corrected chi connectivity index (χ0v) is 21.9. The minimum absolute atomic E-state index is 0.0104. The fourth-order valence-electron chi connectivity index (χ4n) is 4.38. The van der Waals surface area contributed by atoms with Gasteiger partial charge in [-0.2, -0.15) is 5.10 Å². The number of carbonyl (C=O) groups excluding carboxylic acids is 1. The first-order valence-electron chi connectivity index (χ1n) is 12.5. The van der Waals surface area contributed by atoms with E-state index >= 15 is 0 Å². The Morgan fingerprint density at radius 3 is 2.53 bits per heavy atom. The Morgan fingerprint density at radius 2 is 1.82 bits per heavy atom. The number of nitrogens with zero attached hydrogens (tertiary/aromatic N) is 2. The van der Waals surface area contributed by atoms with Crippen molar-refractivity contribution < 1.29 is 19.4 Å². The third-order valence-electron chi connectivity index (χ3n) is 6.40. The number of aromatic nitrogens is 3. The molecule has 196 valence electrons. The van der Waals surface area contributed by atoms with E-state index in [0.717, 1.165) is 38.5 Å². The number of aliphatic hydroxyl groups excluding tert-OH is 1. The van der Waals surface area contributed by atoms with E-state index in [9.17, 15) is 9.90 Å². The third-order valence-corrected chi connectivity index (χ3v) is 7.41. The molecule has 0 spiro atoms. The van der Waals surface area contributed by atoms with Gasteiger partial charge in [0.25, 0.3) is 0 Å². The van der Waals surface area contributed by atoms with Gasteiger partial charge >= 0.3 is 0 Å². The summed E-state index contributed by atoms with van der Waals surface area (Å²) in [6.07, 6.45) is 1.48. The normalized spacial score (nSPS) is 19.3. The van der Waals surface area contributed by atoms with E-state index < -0.39 is 6.29 Å². The molecule has 0 unspecified atom stereocenters. The molecule has 1 aromatic heterocycles. The van der Waals surface area contributed by atoms with Gasteiger partial charge in [0.1, 0.15) is 6.33 Å². The van der Waals surface area contributed by atoms with Gasteiger partial charge < -0.3 is 19.9 Å². The number of carbonyl (C=O) groups is 1. The van der Waals surface area contributed by atoms with Gasteiger partial charge in [-0.15, -0.1) is 0 Å². The van der Waals surface area contributed by atoms with Crippen LogP contribution in [0.1, 0.15) is 48.0 Å². The van der Waals surface area contributed by atoms with E-state index in [1.54, 1.807) is 11.8 Å². The van der Waals surface area contributed by atoms with Crippen molar-refractivity contribution in [3.8, 4) is 11.1 Å². The van der Waals surface area contributed by atoms with Crippen LogP contribution in [0.4, 0.5) is 0 Å². The third kappa shape index (κ3) is 6.68. The van der Waals surface area contributed by atoms with E-state index in [2.05, 4.69) is 44.8 Å². The second-order valence-electron chi connectivity index (χ2n) is 9.18. The number of H-pyrrole nitrogens is 1. The van der Waals surface area contributed by atoms with Crippen LogP contribution in [0, 0.1) is 0 Å². The molecule has 8 nitrogen and oxygen atoms in total. The number of hydrogen-bond donors (Lipinski definition) is 3. The molecule has 1 fully saturated rings. The Hall–Kier alpha value is -3.50. The minimum Gasteiger partial charge on any atom is -0.392 e. The molecule has 0 radical (unpaired) electrons. The zero-order valence-electron chi connectivity index (χ0n) is 21.0. The van der Waals surface area contributed by atoms with E-state index in [4.69, 9.17) is 9.47 Å². The summed E-state index contributed by atoms with van der Waals surface area (Å²) in [7, 11) is 0. The fraction of sp³-hybridized carbons (Fsp3) is 0.276. The Bertz CT molecular complexity index is 1330. The second kappa shape index (κ2) is 12.4. The number of amides is 1. The van der Waals surface area contributed by atoms with Crippen LogP contribution in [0.25, 0.3) is 11.1 Å². The maximum Gasteiger partial charge on any atom is 0.217 e. The summed E-state index contributed by atoms with van der Waals surface area (Å²) in [6, 6.07) is 24.2. The number of aromatic amines is 1. The molecule has 1 saturated heterocycles. The van der Waals surface area contributed by atoms with Crippen molar-refractivity contribution in [1.82, 2.24) is 20.5 Å². The summed E-state index contributed by atoms with van der Waals surface area (Å²) in [5.41, 5.74) is 6.05. The van der Waals surface area contributed by atoms with Gasteiger partial charge in [-0.05, 0) is 33.9 Å². The summed E-state index contributed by atoms with van der Waals surface area (Å²) in [6.45, 7) is 2.03. The molecule has 3 aromatic carbocycles. The molecular weight excluding hydrogens is 500 g/mol. The summed E-state index contributed by atoms with van der Waals surface area (Å²) < 4.78 is 12.8. The maximum absolute atomic E-state index is 11.3. The van der Waals surface area contributed by atoms with Gasteiger partial charge in [-0.1, -0.05) is 78.5 Å². The number of hydrogen-bond acceptors (Lipinski definition) is 7. The van der Waals surface area contributed by atoms with Gasteiger partial charge in [0, 0.05) is 31.2 Å². The first kappa shape index (κ1) is 26.1. The Morgan fingerprint density at radius 1 is 1.03 bits per heavy atom. The number of benzene rings is 3. The molecule has 0 saturated carbocycles. The van der Waals surface area contributed by atoms with Gasteiger partial charge in [0.2, 0.25) is 5.91 Å². The van der Waals surface area contributed by atoms with Crippen LogP contribution in [0.15, 0.2) is 84.3 Å². The van der Waals surface area contributed by atoms with E-state index in [1.165, 1.54) is 13.3 Å². The van der Waals surface area contributed by atoms with Crippen molar-refractivity contribution in [2.24, 2.45) is 0 Å². The smallest absolute Gasteiger partial charge is 0.217 e. The molecule has 1 aliphatic rings.